The third-order valence-corrected chi connectivity index (χ3v) is 2.23. The Hall–Kier alpha value is -2.04. The average molecular weight is 218 g/mol. The highest BCUT2D eigenvalue weighted by Crippen LogP contribution is 2.05. The van der Waals surface area contributed by atoms with Gasteiger partial charge in [0.05, 0.1) is 5.69 Å². The van der Waals surface area contributed by atoms with Gasteiger partial charge in [0.25, 0.3) is 0 Å². The van der Waals surface area contributed by atoms with Crippen molar-refractivity contribution in [3.63, 3.8) is 0 Å². The van der Waals surface area contributed by atoms with Gasteiger partial charge in [-0.25, -0.2) is 9.89 Å². The van der Waals surface area contributed by atoms with Crippen LogP contribution in [-0.2, 0) is 6.42 Å². The van der Waals surface area contributed by atoms with Gasteiger partial charge in [0, 0.05) is 6.42 Å². The fraction of sp³-hybridized carbons (Fsp3) is 0.273. The van der Waals surface area contributed by atoms with Gasteiger partial charge in [-0.2, -0.15) is 9.77 Å². The normalized spacial score (nSPS) is 10.3. The second-order valence-corrected chi connectivity index (χ2v) is 3.51. The lowest BCUT2D eigenvalue weighted by molar-refractivity contribution is 0.765. The van der Waals surface area contributed by atoms with Gasteiger partial charge in [-0.3, -0.25) is 5.43 Å². The summed E-state index contributed by atoms with van der Waals surface area (Å²) in [5, 5.41) is 6.40. The summed E-state index contributed by atoms with van der Waals surface area (Å²) in [7, 11) is 0. The molecule has 5 heteroatoms. The summed E-state index contributed by atoms with van der Waals surface area (Å²) in [5.41, 5.74) is 3.64. The molecule has 2 rings (SSSR count). The van der Waals surface area contributed by atoms with Gasteiger partial charge in [-0.15, -0.1) is 0 Å². The lowest BCUT2D eigenvalue weighted by Crippen LogP contribution is -2.25. The molecule has 0 atom stereocenters. The maximum absolute atomic E-state index is 11.5. The maximum atomic E-state index is 11.5. The van der Waals surface area contributed by atoms with Crippen molar-refractivity contribution in [2.75, 3.05) is 5.43 Å². The molecule has 1 aromatic heterocycles. The van der Waals surface area contributed by atoms with E-state index in [-0.39, 0.29) is 5.69 Å². The first-order valence-corrected chi connectivity index (χ1v) is 5.29. The van der Waals surface area contributed by atoms with Gasteiger partial charge in [-0.1, -0.05) is 25.1 Å². The number of nitrogens with one attached hydrogen (secondary N) is 2. The molecule has 0 bridgehead atoms. The SMILES string of the molecule is CCCc1n[nH]c(=O)n1Nc1ccccc1. The number of aromatic amines is 1. The standard InChI is InChI=1S/C11H14N4O/c1-2-6-10-12-13-11(16)15(10)14-9-7-4-3-5-8-9/h3-5,7-8,14H,2,6H2,1H3,(H,13,16). The molecule has 0 radical (unpaired) electrons. The Bertz CT molecular complexity index is 500. The molecule has 0 amide bonds. The zero-order valence-corrected chi connectivity index (χ0v) is 9.10. The molecule has 5 nitrogen and oxygen atoms in total. The highest BCUT2D eigenvalue weighted by Gasteiger charge is 2.06. The number of para-hydroxylation sites is 1. The molecule has 0 fully saturated rings. The summed E-state index contributed by atoms with van der Waals surface area (Å²) in [6.07, 6.45) is 1.71. The summed E-state index contributed by atoms with van der Waals surface area (Å²) in [6.45, 7) is 2.05. The van der Waals surface area contributed by atoms with E-state index in [1.807, 2.05) is 37.3 Å². The van der Waals surface area contributed by atoms with Gasteiger partial charge in [0.15, 0.2) is 5.82 Å². The summed E-state index contributed by atoms with van der Waals surface area (Å²) in [4.78, 5) is 11.5. The number of hydrogen-bond donors (Lipinski definition) is 2. The molecule has 0 saturated carbocycles. The van der Waals surface area contributed by atoms with Crippen molar-refractivity contribution in [1.29, 1.82) is 0 Å². The molecule has 0 spiro atoms. The highest BCUT2D eigenvalue weighted by molar-refractivity contribution is 5.42. The monoisotopic (exact) mass is 218 g/mol. The third kappa shape index (κ3) is 2.13. The molecule has 0 aliphatic carbocycles. The van der Waals surface area contributed by atoms with Crippen LogP contribution in [0.3, 0.4) is 0 Å². The van der Waals surface area contributed by atoms with Crippen molar-refractivity contribution >= 4 is 5.69 Å². The van der Waals surface area contributed by atoms with E-state index < -0.39 is 0 Å². The van der Waals surface area contributed by atoms with Crippen molar-refractivity contribution in [1.82, 2.24) is 14.9 Å². The zero-order valence-electron chi connectivity index (χ0n) is 9.10. The molecule has 16 heavy (non-hydrogen) atoms. The molecule has 84 valence electrons. The molecule has 2 N–H and O–H groups in total. The Labute approximate surface area is 93.1 Å². The van der Waals surface area contributed by atoms with Crippen molar-refractivity contribution in [2.24, 2.45) is 0 Å². The van der Waals surface area contributed by atoms with Crippen molar-refractivity contribution in [3.05, 3.63) is 46.6 Å². The van der Waals surface area contributed by atoms with E-state index in [2.05, 4.69) is 15.6 Å². The number of H-pyrrole nitrogens is 1. The molecular formula is C11H14N4O. The number of benzene rings is 1. The Balaban J connectivity index is 2.27. The van der Waals surface area contributed by atoms with Crippen LogP contribution in [0.4, 0.5) is 5.69 Å². The summed E-state index contributed by atoms with van der Waals surface area (Å²) in [6, 6.07) is 9.54. The van der Waals surface area contributed by atoms with Gasteiger partial charge < -0.3 is 0 Å². The van der Waals surface area contributed by atoms with E-state index in [9.17, 15) is 4.79 Å². The lowest BCUT2D eigenvalue weighted by atomic mass is 10.3. The van der Waals surface area contributed by atoms with Crippen molar-refractivity contribution < 1.29 is 0 Å². The summed E-state index contributed by atoms with van der Waals surface area (Å²) >= 11 is 0. The van der Waals surface area contributed by atoms with E-state index >= 15 is 0 Å². The number of anilines is 1. The quantitative estimate of drug-likeness (QED) is 0.815. The molecular weight excluding hydrogens is 204 g/mol. The Kier molecular flexibility index (Phi) is 3.05. The molecule has 0 unspecified atom stereocenters. The number of hydrogen-bond acceptors (Lipinski definition) is 3. The van der Waals surface area contributed by atoms with Crippen molar-refractivity contribution in [2.45, 2.75) is 19.8 Å². The smallest absolute Gasteiger partial charge is 0.289 e. The first-order chi connectivity index (χ1) is 7.81. The van der Waals surface area contributed by atoms with Crippen LogP contribution in [0.5, 0.6) is 0 Å². The second-order valence-electron chi connectivity index (χ2n) is 3.51. The van der Waals surface area contributed by atoms with Crippen LogP contribution >= 0.6 is 0 Å². The molecule has 1 aromatic carbocycles. The molecule has 0 aliphatic rings. The van der Waals surface area contributed by atoms with Gasteiger partial charge in [-0.05, 0) is 18.6 Å². The first kappa shape index (κ1) is 10.5. The lowest BCUT2D eigenvalue weighted by Gasteiger charge is -2.07. The van der Waals surface area contributed by atoms with E-state index in [4.69, 9.17) is 0 Å². The molecule has 2 aromatic rings. The van der Waals surface area contributed by atoms with Crippen LogP contribution in [0.1, 0.15) is 19.2 Å². The third-order valence-electron chi connectivity index (χ3n) is 2.23. The minimum absolute atomic E-state index is 0.243. The highest BCUT2D eigenvalue weighted by atomic mass is 16.2. The van der Waals surface area contributed by atoms with E-state index in [0.29, 0.717) is 0 Å². The number of nitrogens with zero attached hydrogens (tertiary/aromatic N) is 2. The van der Waals surface area contributed by atoms with Crippen LogP contribution < -0.4 is 11.1 Å². The Morgan fingerprint density at radius 2 is 2.12 bits per heavy atom. The Morgan fingerprint density at radius 3 is 2.81 bits per heavy atom. The fourth-order valence-electron chi connectivity index (χ4n) is 1.48. The van der Waals surface area contributed by atoms with Gasteiger partial charge in [0.1, 0.15) is 0 Å². The predicted octanol–water partition coefficient (Wildman–Crippen LogP) is 1.40. The van der Waals surface area contributed by atoms with Gasteiger partial charge in [0.2, 0.25) is 0 Å². The second kappa shape index (κ2) is 4.65. The van der Waals surface area contributed by atoms with Crippen LogP contribution in [0.15, 0.2) is 35.1 Å². The van der Waals surface area contributed by atoms with Crippen LogP contribution in [0, 0.1) is 0 Å². The minimum atomic E-state index is -0.243. The first-order valence-electron chi connectivity index (χ1n) is 5.29. The van der Waals surface area contributed by atoms with Crippen molar-refractivity contribution in [3.8, 4) is 0 Å². The summed E-state index contributed by atoms with van der Waals surface area (Å²) in [5.74, 6) is 0.719. The largest absolute Gasteiger partial charge is 0.362 e. The summed E-state index contributed by atoms with van der Waals surface area (Å²) < 4.78 is 1.44. The fourth-order valence-corrected chi connectivity index (χ4v) is 1.48. The minimum Gasteiger partial charge on any atom is -0.289 e. The number of aryl methyl sites for hydroxylation is 1. The van der Waals surface area contributed by atoms with Crippen LogP contribution in [-0.4, -0.2) is 14.9 Å². The predicted molar refractivity (Wildman–Crippen MR) is 62.3 cm³/mol. The Morgan fingerprint density at radius 1 is 1.38 bits per heavy atom. The van der Waals surface area contributed by atoms with E-state index in [1.165, 1.54) is 4.68 Å². The topological polar surface area (TPSA) is 62.7 Å². The maximum Gasteiger partial charge on any atom is 0.362 e. The molecule has 1 heterocycles. The van der Waals surface area contributed by atoms with E-state index in [0.717, 1.165) is 24.4 Å². The average Bonchev–Trinajstić information content (AvgIpc) is 2.64. The zero-order chi connectivity index (χ0) is 11.4. The number of aromatic nitrogens is 3. The molecule has 0 aliphatic heterocycles. The van der Waals surface area contributed by atoms with Gasteiger partial charge >= 0.3 is 5.69 Å². The van der Waals surface area contributed by atoms with Crippen LogP contribution in [0.2, 0.25) is 0 Å². The molecule has 0 saturated heterocycles. The van der Waals surface area contributed by atoms with E-state index in [1.54, 1.807) is 0 Å². The number of rotatable bonds is 4. The van der Waals surface area contributed by atoms with Crippen LogP contribution in [0.25, 0.3) is 0 Å².